The number of fused-ring (bicyclic) bond motifs is 3. The van der Waals surface area contributed by atoms with E-state index in [1.807, 2.05) is 6.07 Å². The molecule has 2 aromatic carbocycles. The van der Waals surface area contributed by atoms with Crippen molar-refractivity contribution in [2.75, 3.05) is 0 Å². The predicted octanol–water partition coefficient (Wildman–Crippen LogP) is 4.65. The third kappa shape index (κ3) is 1.73. The normalized spacial score (nSPS) is 11.7. The minimum atomic E-state index is 1.01. The highest BCUT2D eigenvalue weighted by molar-refractivity contribution is 5.98. The third-order valence-electron chi connectivity index (χ3n) is 4.55. The Balaban J connectivity index is 1.89. The Hall–Kier alpha value is -3.07. The van der Waals surface area contributed by atoms with Gasteiger partial charge in [0, 0.05) is 30.5 Å². The molecule has 3 nitrogen and oxygen atoms in total. The molecule has 23 heavy (non-hydrogen) atoms. The topological polar surface area (TPSA) is 22.2 Å². The number of pyridine rings is 1. The molecule has 0 saturated carbocycles. The minimum Gasteiger partial charge on any atom is -0.327 e. The molecule has 0 spiro atoms. The Morgan fingerprint density at radius 3 is 2.74 bits per heavy atom. The molecule has 0 amide bonds. The molecule has 5 rings (SSSR count). The number of aromatic nitrogens is 3. The summed E-state index contributed by atoms with van der Waals surface area (Å²) in [4.78, 5) is 4.86. The first-order valence-electron chi connectivity index (χ1n) is 7.72. The number of imidazole rings is 1. The summed E-state index contributed by atoms with van der Waals surface area (Å²) in [6, 6.07) is 21.1. The fourth-order valence-corrected chi connectivity index (χ4v) is 3.38. The maximum atomic E-state index is 4.86. The second kappa shape index (κ2) is 4.46. The number of hydrogen-bond acceptors (Lipinski definition) is 1. The molecule has 0 radical (unpaired) electrons. The van der Waals surface area contributed by atoms with Gasteiger partial charge in [0.2, 0.25) is 0 Å². The highest BCUT2D eigenvalue weighted by Crippen LogP contribution is 2.31. The Morgan fingerprint density at radius 2 is 1.83 bits per heavy atom. The van der Waals surface area contributed by atoms with Crippen molar-refractivity contribution in [2.24, 2.45) is 7.05 Å². The summed E-state index contributed by atoms with van der Waals surface area (Å²) < 4.78 is 4.33. The van der Waals surface area contributed by atoms with Gasteiger partial charge in [-0.15, -0.1) is 0 Å². The molecule has 0 fully saturated rings. The highest BCUT2D eigenvalue weighted by atomic mass is 15.1. The van der Waals surface area contributed by atoms with Crippen molar-refractivity contribution in [3.05, 3.63) is 73.1 Å². The van der Waals surface area contributed by atoms with Crippen LogP contribution in [0.3, 0.4) is 0 Å². The van der Waals surface area contributed by atoms with Crippen molar-refractivity contribution in [3.8, 4) is 11.4 Å². The van der Waals surface area contributed by atoms with Gasteiger partial charge in [-0.3, -0.25) is 0 Å². The van der Waals surface area contributed by atoms with E-state index >= 15 is 0 Å². The van der Waals surface area contributed by atoms with Crippen molar-refractivity contribution < 1.29 is 0 Å². The van der Waals surface area contributed by atoms with E-state index in [4.69, 9.17) is 4.98 Å². The van der Waals surface area contributed by atoms with Crippen molar-refractivity contribution >= 4 is 27.3 Å². The first kappa shape index (κ1) is 12.5. The lowest BCUT2D eigenvalue weighted by Gasteiger charge is -2.08. The summed E-state index contributed by atoms with van der Waals surface area (Å²) in [7, 11) is 2.08. The van der Waals surface area contributed by atoms with Crippen LogP contribution in [0, 0.1) is 0 Å². The third-order valence-corrected chi connectivity index (χ3v) is 4.55. The monoisotopic (exact) mass is 297 g/mol. The minimum absolute atomic E-state index is 1.01. The van der Waals surface area contributed by atoms with Gasteiger partial charge in [-0.05, 0) is 41.1 Å². The van der Waals surface area contributed by atoms with Gasteiger partial charge < -0.3 is 8.97 Å². The molecule has 0 bridgehead atoms. The number of rotatable bonds is 1. The number of hydrogen-bond donors (Lipinski definition) is 0. The van der Waals surface area contributed by atoms with Gasteiger partial charge in [0.1, 0.15) is 5.82 Å². The van der Waals surface area contributed by atoms with E-state index in [-0.39, 0.29) is 0 Å². The molecule has 5 aromatic rings. The SMILES string of the molecule is Cn1c(-c2cccc3cn4cccc4cc23)nc2ccccc21. The molecule has 3 heterocycles. The van der Waals surface area contributed by atoms with Crippen LogP contribution in [0.15, 0.2) is 73.1 Å². The summed E-state index contributed by atoms with van der Waals surface area (Å²) in [6.07, 6.45) is 4.26. The van der Waals surface area contributed by atoms with Crippen molar-refractivity contribution in [3.63, 3.8) is 0 Å². The lowest BCUT2D eigenvalue weighted by Crippen LogP contribution is -1.94. The Kier molecular flexibility index (Phi) is 2.42. The van der Waals surface area contributed by atoms with E-state index < -0.39 is 0 Å². The molecule has 0 saturated heterocycles. The summed E-state index contributed by atoms with van der Waals surface area (Å²) in [6.45, 7) is 0. The standard InChI is InChI=1S/C20H15N3/c1-22-19-10-3-2-9-18(19)21-20(22)16-8-4-6-14-13-23-11-5-7-15(23)12-17(14)16/h2-13H,1H3. The molecule has 0 unspecified atom stereocenters. The van der Waals surface area contributed by atoms with Crippen molar-refractivity contribution in [2.45, 2.75) is 0 Å². The molecule has 3 heteroatoms. The molecule has 0 aliphatic rings. The van der Waals surface area contributed by atoms with Gasteiger partial charge in [-0.1, -0.05) is 30.3 Å². The summed E-state index contributed by atoms with van der Waals surface area (Å²) in [5.74, 6) is 1.01. The van der Waals surface area contributed by atoms with Crippen LogP contribution in [0.4, 0.5) is 0 Å². The fourth-order valence-electron chi connectivity index (χ4n) is 3.38. The largest absolute Gasteiger partial charge is 0.327 e. The van der Waals surface area contributed by atoms with Gasteiger partial charge in [0.15, 0.2) is 0 Å². The summed E-state index contributed by atoms with van der Waals surface area (Å²) in [5.41, 5.74) is 4.56. The van der Waals surface area contributed by atoms with Crippen LogP contribution < -0.4 is 0 Å². The first-order valence-corrected chi connectivity index (χ1v) is 7.72. The molecule has 0 aliphatic heterocycles. The first-order chi connectivity index (χ1) is 11.3. The lowest BCUT2D eigenvalue weighted by atomic mass is 10.1. The van der Waals surface area contributed by atoms with E-state index in [2.05, 4.69) is 83.0 Å². The van der Waals surface area contributed by atoms with Crippen LogP contribution in [-0.4, -0.2) is 14.0 Å². The number of nitrogens with zero attached hydrogens (tertiary/aromatic N) is 3. The molecular weight excluding hydrogens is 282 g/mol. The van der Waals surface area contributed by atoms with Gasteiger partial charge in [0.25, 0.3) is 0 Å². The molecule has 0 aliphatic carbocycles. The average Bonchev–Trinajstić information content (AvgIpc) is 3.17. The smallest absolute Gasteiger partial charge is 0.141 e. The Bertz CT molecular complexity index is 1180. The average molecular weight is 297 g/mol. The molecular formula is C20H15N3. The fraction of sp³-hybridized carbons (Fsp3) is 0.0500. The van der Waals surface area contributed by atoms with E-state index in [1.54, 1.807) is 0 Å². The maximum Gasteiger partial charge on any atom is 0.141 e. The quantitative estimate of drug-likeness (QED) is 0.441. The van der Waals surface area contributed by atoms with Crippen LogP contribution >= 0.6 is 0 Å². The lowest BCUT2D eigenvalue weighted by molar-refractivity contribution is 0.961. The van der Waals surface area contributed by atoms with Gasteiger partial charge >= 0.3 is 0 Å². The van der Waals surface area contributed by atoms with E-state index in [9.17, 15) is 0 Å². The molecule has 0 N–H and O–H groups in total. The van der Waals surface area contributed by atoms with Crippen LogP contribution in [0.5, 0.6) is 0 Å². The highest BCUT2D eigenvalue weighted by Gasteiger charge is 2.12. The van der Waals surface area contributed by atoms with E-state index in [0.717, 1.165) is 16.9 Å². The predicted molar refractivity (Wildman–Crippen MR) is 94.6 cm³/mol. The van der Waals surface area contributed by atoms with E-state index in [1.165, 1.54) is 21.9 Å². The number of para-hydroxylation sites is 2. The maximum absolute atomic E-state index is 4.86. The van der Waals surface area contributed by atoms with Gasteiger partial charge in [-0.25, -0.2) is 4.98 Å². The van der Waals surface area contributed by atoms with Gasteiger partial charge in [0.05, 0.1) is 11.0 Å². The zero-order chi connectivity index (χ0) is 15.4. The molecule has 0 atom stereocenters. The van der Waals surface area contributed by atoms with Crippen molar-refractivity contribution in [1.29, 1.82) is 0 Å². The zero-order valence-electron chi connectivity index (χ0n) is 12.8. The zero-order valence-corrected chi connectivity index (χ0v) is 12.8. The Labute approximate surface area is 133 Å². The number of aryl methyl sites for hydroxylation is 1. The van der Waals surface area contributed by atoms with Crippen molar-refractivity contribution in [1.82, 2.24) is 14.0 Å². The van der Waals surface area contributed by atoms with Crippen LogP contribution in [-0.2, 0) is 7.05 Å². The number of benzene rings is 2. The van der Waals surface area contributed by atoms with E-state index in [0.29, 0.717) is 0 Å². The van der Waals surface area contributed by atoms with Crippen LogP contribution in [0.25, 0.3) is 38.7 Å². The van der Waals surface area contributed by atoms with Crippen LogP contribution in [0.1, 0.15) is 0 Å². The van der Waals surface area contributed by atoms with Crippen LogP contribution in [0.2, 0.25) is 0 Å². The Morgan fingerprint density at radius 1 is 0.913 bits per heavy atom. The molecule has 3 aromatic heterocycles. The summed E-state index contributed by atoms with van der Waals surface area (Å²) >= 11 is 0. The second-order valence-corrected chi connectivity index (χ2v) is 5.91. The molecule has 110 valence electrons. The summed E-state index contributed by atoms with van der Waals surface area (Å²) in [5, 5.41) is 2.45. The second-order valence-electron chi connectivity index (χ2n) is 5.91. The van der Waals surface area contributed by atoms with Gasteiger partial charge in [-0.2, -0.15) is 0 Å².